The van der Waals surface area contributed by atoms with Gasteiger partial charge in [-0.25, -0.2) is 12.1 Å². The first-order valence-electron chi connectivity index (χ1n) is 19.3. The molecule has 57 heavy (non-hydrogen) atoms. The second-order valence-electron chi connectivity index (χ2n) is 14.3. The molecule has 0 N–H and O–H groups in total. The summed E-state index contributed by atoms with van der Waals surface area (Å²) in [5.74, 6) is 0. The maximum Gasteiger partial charge on any atom is 2.00 e. The van der Waals surface area contributed by atoms with Crippen molar-refractivity contribution < 1.29 is 17.1 Å². The number of rotatable bonds is 12. The van der Waals surface area contributed by atoms with E-state index in [9.17, 15) is 0 Å². The molecule has 0 saturated heterocycles. The molecule has 0 aromatic heterocycles. The van der Waals surface area contributed by atoms with Crippen molar-refractivity contribution in [3.63, 3.8) is 0 Å². The Morgan fingerprint density at radius 2 is 0.596 bits per heavy atom. The standard InChI is InChI=1S/2C26H25NP.Fe/c2*1-27(2)26(21-13-6-3-7-14-21)24-19-12-20-25(24)28(22-15-8-4-9-16-22)23-17-10-5-11-18-23;/h2*3-20,26H,1-2H3;/q2*-1;+2/t2*26-;/m00./s1. The second kappa shape index (κ2) is 20.7. The van der Waals surface area contributed by atoms with Gasteiger partial charge in [0.2, 0.25) is 0 Å². The van der Waals surface area contributed by atoms with Crippen molar-refractivity contribution in [2.24, 2.45) is 0 Å². The molecule has 5 heteroatoms. The Bertz CT molecular complexity index is 2080. The van der Waals surface area contributed by atoms with Gasteiger partial charge in [0.05, 0.1) is 0 Å². The van der Waals surface area contributed by atoms with Crippen molar-refractivity contribution in [1.82, 2.24) is 9.80 Å². The number of benzene rings is 6. The van der Waals surface area contributed by atoms with E-state index >= 15 is 0 Å². The third kappa shape index (κ3) is 10.1. The van der Waals surface area contributed by atoms with Gasteiger partial charge in [0.15, 0.2) is 0 Å². The zero-order valence-corrected chi connectivity index (χ0v) is 36.0. The number of hydrogen-bond donors (Lipinski definition) is 0. The van der Waals surface area contributed by atoms with Gasteiger partial charge in [0.1, 0.15) is 0 Å². The van der Waals surface area contributed by atoms with E-state index in [0.717, 1.165) is 0 Å². The van der Waals surface area contributed by atoms with Crippen molar-refractivity contribution in [2.45, 2.75) is 12.1 Å². The average Bonchev–Trinajstić information content (AvgIpc) is 3.91. The Morgan fingerprint density at radius 1 is 0.351 bits per heavy atom. The van der Waals surface area contributed by atoms with E-state index in [4.69, 9.17) is 0 Å². The SMILES string of the molecule is CN(C)[C@@H](c1ccccc1)c1cc[cH-]c1P(c1ccccc1)c1ccccc1.CN(C)[C@@H](c1ccccc1)c1cc[cH-]c1P(c1ccccc1)c1ccccc1.[Fe+2]. The van der Waals surface area contributed by atoms with Gasteiger partial charge in [-0.1, -0.05) is 182 Å². The molecule has 0 saturated carbocycles. The minimum absolute atomic E-state index is 0. The molecule has 8 rings (SSSR count). The van der Waals surface area contributed by atoms with Crippen LogP contribution in [0.5, 0.6) is 0 Å². The molecule has 2 nitrogen and oxygen atoms in total. The molecule has 0 aliphatic heterocycles. The summed E-state index contributed by atoms with van der Waals surface area (Å²) in [5.41, 5.74) is 5.46. The molecule has 0 fully saturated rings. The molecule has 0 spiro atoms. The van der Waals surface area contributed by atoms with Crippen molar-refractivity contribution in [3.05, 3.63) is 241 Å². The Labute approximate surface area is 353 Å². The molecule has 286 valence electrons. The monoisotopic (exact) mass is 820 g/mol. The molecule has 0 heterocycles. The zero-order valence-electron chi connectivity index (χ0n) is 33.1. The van der Waals surface area contributed by atoms with Gasteiger partial charge in [-0.15, -0.1) is 10.6 Å². The van der Waals surface area contributed by atoms with Gasteiger partial charge >= 0.3 is 17.1 Å². The summed E-state index contributed by atoms with van der Waals surface area (Å²) in [7, 11) is 7.47. The molecule has 8 aromatic carbocycles. The van der Waals surface area contributed by atoms with Crippen molar-refractivity contribution in [3.8, 4) is 0 Å². The van der Waals surface area contributed by atoms with Crippen molar-refractivity contribution in [2.75, 3.05) is 28.2 Å². The van der Waals surface area contributed by atoms with Crippen LogP contribution in [-0.2, 0) is 17.1 Å². The Kier molecular flexibility index (Phi) is 15.2. The Morgan fingerprint density at radius 3 is 0.842 bits per heavy atom. The van der Waals surface area contributed by atoms with E-state index in [0.29, 0.717) is 0 Å². The summed E-state index contributed by atoms with van der Waals surface area (Å²) in [6.07, 6.45) is 0. The van der Waals surface area contributed by atoms with Crippen molar-refractivity contribution >= 4 is 47.7 Å². The van der Waals surface area contributed by atoms with E-state index in [2.05, 4.69) is 256 Å². The summed E-state index contributed by atoms with van der Waals surface area (Å²) < 4.78 is 0. The maximum absolute atomic E-state index is 2.32. The van der Waals surface area contributed by atoms with E-state index in [1.165, 1.54) is 54.1 Å². The van der Waals surface area contributed by atoms with Crippen LogP contribution in [0.2, 0.25) is 0 Å². The predicted molar refractivity (Wildman–Crippen MR) is 245 cm³/mol. The summed E-state index contributed by atoms with van der Waals surface area (Å²) >= 11 is 0. The molecule has 0 amide bonds. The molecule has 0 bridgehead atoms. The summed E-state index contributed by atoms with van der Waals surface area (Å²) in [5, 5.41) is 8.44. The number of hydrogen-bond acceptors (Lipinski definition) is 2. The van der Waals surface area contributed by atoms with Crippen LogP contribution in [0.1, 0.15) is 34.3 Å². The fourth-order valence-electron chi connectivity index (χ4n) is 7.66. The van der Waals surface area contributed by atoms with Gasteiger partial charge in [-0.2, -0.15) is 35.4 Å². The van der Waals surface area contributed by atoms with Crippen LogP contribution in [0.25, 0.3) is 0 Å². The Hall–Kier alpha value is -4.68. The molecule has 0 aliphatic carbocycles. The summed E-state index contributed by atoms with van der Waals surface area (Å²) in [6.45, 7) is 0. The molecular weight excluding hydrogens is 770 g/mol. The first-order chi connectivity index (χ1) is 27.5. The van der Waals surface area contributed by atoms with Gasteiger partial charge in [0.25, 0.3) is 0 Å². The van der Waals surface area contributed by atoms with Crippen LogP contribution < -0.4 is 31.8 Å². The first-order valence-corrected chi connectivity index (χ1v) is 21.9. The van der Waals surface area contributed by atoms with Crippen LogP contribution in [0.3, 0.4) is 0 Å². The van der Waals surface area contributed by atoms with E-state index in [1.807, 2.05) is 0 Å². The van der Waals surface area contributed by atoms with E-state index < -0.39 is 15.8 Å². The molecule has 0 unspecified atom stereocenters. The summed E-state index contributed by atoms with van der Waals surface area (Å²) in [4.78, 5) is 4.63. The fourth-order valence-corrected chi connectivity index (χ4v) is 12.6. The average molecular weight is 821 g/mol. The van der Waals surface area contributed by atoms with Gasteiger partial charge in [-0.05, 0) is 76.4 Å². The minimum Gasteiger partial charge on any atom is -0.310 e. The van der Waals surface area contributed by atoms with Gasteiger partial charge in [-0.3, -0.25) is 0 Å². The normalized spacial score (nSPS) is 12.2. The van der Waals surface area contributed by atoms with Crippen LogP contribution in [0.15, 0.2) is 218 Å². The van der Waals surface area contributed by atoms with Crippen LogP contribution in [0, 0.1) is 0 Å². The molecule has 2 atom stereocenters. The van der Waals surface area contributed by atoms with Gasteiger partial charge < -0.3 is 9.80 Å². The second-order valence-corrected chi connectivity index (χ2v) is 18.7. The summed E-state index contributed by atoms with van der Waals surface area (Å²) in [6, 6.07) is 79.5. The molecule has 0 aliphatic rings. The quantitative estimate of drug-likeness (QED) is 0.0689. The maximum atomic E-state index is 2.32. The van der Waals surface area contributed by atoms with E-state index in [1.54, 1.807) is 0 Å². The third-order valence-corrected chi connectivity index (χ3v) is 15.1. The van der Waals surface area contributed by atoms with E-state index in [-0.39, 0.29) is 29.2 Å². The number of nitrogens with zero attached hydrogens (tertiary/aromatic N) is 2. The molecule has 0 radical (unpaired) electrons. The smallest absolute Gasteiger partial charge is 0.310 e. The zero-order chi connectivity index (χ0) is 38.7. The third-order valence-electron chi connectivity index (χ3n) is 10.0. The topological polar surface area (TPSA) is 6.48 Å². The minimum atomic E-state index is -0.604. The molecule has 8 aromatic rings. The largest absolute Gasteiger partial charge is 2.00 e. The van der Waals surface area contributed by atoms with Crippen LogP contribution in [-0.4, -0.2) is 38.0 Å². The van der Waals surface area contributed by atoms with Crippen LogP contribution >= 0.6 is 15.8 Å². The fraction of sp³-hybridized carbons (Fsp3) is 0.115. The van der Waals surface area contributed by atoms with Gasteiger partial charge in [0, 0.05) is 12.1 Å². The predicted octanol–water partition coefficient (Wildman–Crippen LogP) is 9.63. The van der Waals surface area contributed by atoms with Crippen molar-refractivity contribution in [1.29, 1.82) is 0 Å². The molecular formula is C52H50FeN2P2. The first kappa shape index (κ1) is 41.9. The Balaban J connectivity index is 0.000000189. The van der Waals surface area contributed by atoms with Crippen LogP contribution in [0.4, 0.5) is 0 Å².